The van der Waals surface area contributed by atoms with Gasteiger partial charge in [0.2, 0.25) is 5.91 Å². The molecule has 3 heterocycles. The summed E-state index contributed by atoms with van der Waals surface area (Å²) in [6.07, 6.45) is 1.95. The number of hydrogen-bond acceptors (Lipinski definition) is 4. The number of aromatic nitrogens is 3. The highest BCUT2D eigenvalue weighted by Crippen LogP contribution is 2.28. The van der Waals surface area contributed by atoms with Crippen molar-refractivity contribution in [3.63, 3.8) is 0 Å². The molecule has 36 heavy (non-hydrogen) atoms. The highest BCUT2D eigenvalue weighted by Gasteiger charge is 2.17. The smallest absolute Gasteiger partial charge is 0.242 e. The SMILES string of the molecule is CNC(C)C(=O)Nc1ccc(-c2c(C)nc3ccccn23)c(C#Cc2ccc3cc(F)ccc3c2)n1. The van der Waals surface area contributed by atoms with Crippen LogP contribution >= 0.6 is 0 Å². The number of carbonyl (C=O) groups is 1. The maximum absolute atomic E-state index is 13.6. The Morgan fingerprint density at radius 3 is 2.64 bits per heavy atom. The monoisotopic (exact) mass is 477 g/mol. The predicted molar refractivity (Wildman–Crippen MR) is 140 cm³/mol. The van der Waals surface area contributed by atoms with E-state index in [1.807, 2.05) is 60.0 Å². The Balaban J connectivity index is 1.62. The molecule has 0 saturated carbocycles. The van der Waals surface area contributed by atoms with E-state index in [4.69, 9.17) is 4.98 Å². The van der Waals surface area contributed by atoms with Gasteiger partial charge in [0.05, 0.1) is 17.4 Å². The van der Waals surface area contributed by atoms with E-state index in [0.29, 0.717) is 11.5 Å². The molecule has 5 aromatic rings. The summed E-state index contributed by atoms with van der Waals surface area (Å²) in [6.45, 7) is 3.73. The molecule has 3 aromatic heterocycles. The number of amides is 1. The van der Waals surface area contributed by atoms with Crippen LogP contribution in [0, 0.1) is 24.6 Å². The summed E-state index contributed by atoms with van der Waals surface area (Å²) in [5, 5.41) is 7.48. The van der Waals surface area contributed by atoms with Gasteiger partial charge < -0.3 is 10.6 Å². The zero-order valence-electron chi connectivity index (χ0n) is 20.1. The number of fused-ring (bicyclic) bond motifs is 2. The Morgan fingerprint density at radius 2 is 1.81 bits per heavy atom. The highest BCUT2D eigenvalue weighted by molar-refractivity contribution is 5.94. The van der Waals surface area contributed by atoms with Gasteiger partial charge in [0, 0.05) is 17.3 Å². The molecule has 1 unspecified atom stereocenters. The number of hydrogen-bond donors (Lipinski definition) is 2. The van der Waals surface area contributed by atoms with E-state index in [2.05, 4.69) is 27.5 Å². The molecule has 0 fully saturated rings. The van der Waals surface area contributed by atoms with E-state index in [-0.39, 0.29) is 17.8 Å². The number of anilines is 1. The van der Waals surface area contributed by atoms with Crippen molar-refractivity contribution < 1.29 is 9.18 Å². The van der Waals surface area contributed by atoms with Crippen LogP contribution in [0.25, 0.3) is 27.7 Å². The molecule has 1 amide bonds. The zero-order chi connectivity index (χ0) is 25.2. The van der Waals surface area contributed by atoms with E-state index in [1.54, 1.807) is 26.1 Å². The molecule has 0 saturated heterocycles. The summed E-state index contributed by atoms with van der Waals surface area (Å²) in [5.74, 6) is 6.34. The first-order valence-electron chi connectivity index (χ1n) is 11.6. The average Bonchev–Trinajstić information content (AvgIpc) is 3.22. The average molecular weight is 478 g/mol. The lowest BCUT2D eigenvalue weighted by Gasteiger charge is -2.12. The number of carbonyl (C=O) groups excluding carboxylic acids is 1. The van der Waals surface area contributed by atoms with Crippen molar-refractivity contribution in [2.45, 2.75) is 19.9 Å². The van der Waals surface area contributed by atoms with Crippen molar-refractivity contribution in [3.05, 3.63) is 95.7 Å². The fourth-order valence-corrected chi connectivity index (χ4v) is 4.04. The third-order valence-corrected chi connectivity index (χ3v) is 6.06. The van der Waals surface area contributed by atoms with Gasteiger partial charge in [-0.15, -0.1) is 0 Å². The molecule has 2 N–H and O–H groups in total. The maximum Gasteiger partial charge on any atom is 0.242 e. The van der Waals surface area contributed by atoms with Crippen molar-refractivity contribution in [1.82, 2.24) is 19.7 Å². The number of pyridine rings is 2. The largest absolute Gasteiger partial charge is 0.309 e. The third-order valence-electron chi connectivity index (χ3n) is 6.06. The van der Waals surface area contributed by atoms with Crippen LogP contribution in [-0.2, 0) is 4.79 Å². The summed E-state index contributed by atoms with van der Waals surface area (Å²) in [4.78, 5) is 21.8. The second-order valence-corrected chi connectivity index (χ2v) is 8.52. The Morgan fingerprint density at radius 1 is 1.00 bits per heavy atom. The van der Waals surface area contributed by atoms with Crippen LogP contribution in [0.5, 0.6) is 0 Å². The number of halogens is 1. The van der Waals surface area contributed by atoms with Crippen molar-refractivity contribution in [1.29, 1.82) is 0 Å². The lowest BCUT2D eigenvalue weighted by molar-refractivity contribution is -0.117. The number of nitrogens with one attached hydrogen (secondary N) is 2. The van der Waals surface area contributed by atoms with Crippen molar-refractivity contribution in [3.8, 4) is 23.1 Å². The summed E-state index contributed by atoms with van der Waals surface area (Å²) >= 11 is 0. The van der Waals surface area contributed by atoms with Crippen molar-refractivity contribution >= 4 is 28.1 Å². The standard InChI is InChI=1S/C29H24FN5O/c1-18-28(35-15-5-4-6-27(35)32-18)24-12-14-26(34-29(36)19(2)31-3)33-25(24)13-8-20-7-9-22-17-23(30)11-10-21(22)16-20/h4-7,9-12,14-17,19,31H,1-3H3,(H,33,34,36). The van der Waals surface area contributed by atoms with Gasteiger partial charge in [0.25, 0.3) is 0 Å². The first kappa shape index (κ1) is 23.2. The first-order valence-corrected chi connectivity index (χ1v) is 11.6. The van der Waals surface area contributed by atoms with Gasteiger partial charge in [-0.05, 0) is 86.1 Å². The molecule has 0 aliphatic rings. The molecular formula is C29H24FN5O. The van der Waals surface area contributed by atoms with E-state index >= 15 is 0 Å². The van der Waals surface area contributed by atoms with Gasteiger partial charge in [-0.3, -0.25) is 9.20 Å². The summed E-state index contributed by atoms with van der Waals surface area (Å²) in [5.41, 5.74) is 4.65. The number of aryl methyl sites for hydroxylation is 1. The topological polar surface area (TPSA) is 71.3 Å². The van der Waals surface area contributed by atoms with E-state index in [1.165, 1.54) is 12.1 Å². The number of likely N-dealkylation sites (N-methyl/N-ethyl adjacent to an activating group) is 1. The van der Waals surface area contributed by atoms with E-state index in [9.17, 15) is 9.18 Å². The number of benzene rings is 2. The van der Waals surface area contributed by atoms with Crippen LogP contribution < -0.4 is 10.6 Å². The lowest BCUT2D eigenvalue weighted by Crippen LogP contribution is -2.35. The van der Waals surface area contributed by atoms with Gasteiger partial charge in [-0.2, -0.15) is 0 Å². The molecule has 0 spiro atoms. The summed E-state index contributed by atoms with van der Waals surface area (Å²) in [6, 6.07) is 19.4. The molecule has 178 valence electrons. The van der Waals surface area contributed by atoms with Crippen LogP contribution in [0.3, 0.4) is 0 Å². The minimum absolute atomic E-state index is 0.190. The molecule has 6 nitrogen and oxygen atoms in total. The Hall–Kier alpha value is -4.54. The number of rotatable bonds is 4. The molecular weight excluding hydrogens is 453 g/mol. The van der Waals surface area contributed by atoms with Crippen LogP contribution in [0.1, 0.15) is 23.9 Å². The van der Waals surface area contributed by atoms with Crippen molar-refractivity contribution in [2.75, 3.05) is 12.4 Å². The Bertz CT molecular complexity index is 1680. The van der Waals surface area contributed by atoms with Gasteiger partial charge in [-0.25, -0.2) is 14.4 Å². The van der Waals surface area contributed by atoms with Crippen LogP contribution in [-0.4, -0.2) is 33.4 Å². The van der Waals surface area contributed by atoms with E-state index < -0.39 is 0 Å². The number of nitrogens with zero attached hydrogens (tertiary/aromatic N) is 3. The summed E-state index contributed by atoms with van der Waals surface area (Å²) < 4.78 is 15.6. The van der Waals surface area contributed by atoms with Crippen LogP contribution in [0.15, 0.2) is 72.9 Å². The molecule has 1 atom stereocenters. The van der Waals surface area contributed by atoms with Crippen LogP contribution in [0.2, 0.25) is 0 Å². The van der Waals surface area contributed by atoms with Gasteiger partial charge in [-0.1, -0.05) is 24.1 Å². The van der Waals surface area contributed by atoms with Crippen molar-refractivity contribution in [2.24, 2.45) is 0 Å². The minimum Gasteiger partial charge on any atom is -0.309 e. The van der Waals surface area contributed by atoms with Gasteiger partial charge >= 0.3 is 0 Å². The Kier molecular flexibility index (Phi) is 6.19. The second kappa shape index (κ2) is 9.61. The van der Waals surface area contributed by atoms with E-state index in [0.717, 1.165) is 38.9 Å². The molecule has 0 aliphatic carbocycles. The molecule has 7 heteroatoms. The summed E-state index contributed by atoms with van der Waals surface area (Å²) in [7, 11) is 1.73. The highest BCUT2D eigenvalue weighted by atomic mass is 19.1. The molecule has 5 rings (SSSR count). The molecule has 0 bridgehead atoms. The fourth-order valence-electron chi connectivity index (χ4n) is 4.04. The third kappa shape index (κ3) is 4.54. The second-order valence-electron chi connectivity index (χ2n) is 8.52. The predicted octanol–water partition coefficient (Wildman–Crippen LogP) is 4.94. The normalized spacial score (nSPS) is 11.8. The quantitative estimate of drug-likeness (QED) is 0.360. The maximum atomic E-state index is 13.6. The number of imidazole rings is 1. The zero-order valence-corrected chi connectivity index (χ0v) is 20.1. The van der Waals surface area contributed by atoms with Crippen LogP contribution in [0.4, 0.5) is 10.2 Å². The van der Waals surface area contributed by atoms with Gasteiger partial charge in [0.1, 0.15) is 23.0 Å². The Labute approximate surface area is 208 Å². The lowest BCUT2D eigenvalue weighted by atomic mass is 10.1. The van der Waals surface area contributed by atoms with Gasteiger partial charge in [0.15, 0.2) is 0 Å². The fraction of sp³-hybridized carbons (Fsp3) is 0.138. The molecule has 0 aliphatic heterocycles. The first-order chi connectivity index (χ1) is 17.4. The molecule has 2 aromatic carbocycles. The molecule has 0 radical (unpaired) electrons. The minimum atomic E-state index is -0.371.